The summed E-state index contributed by atoms with van der Waals surface area (Å²) in [5, 5.41) is 22.0. The van der Waals surface area contributed by atoms with Crippen LogP contribution in [-0.2, 0) is 9.59 Å². The van der Waals surface area contributed by atoms with Gasteiger partial charge in [-0.05, 0) is 24.6 Å². The van der Waals surface area contributed by atoms with E-state index in [0.717, 1.165) is 0 Å². The van der Waals surface area contributed by atoms with Crippen molar-refractivity contribution in [3.05, 3.63) is 28.8 Å². The maximum Gasteiger partial charge on any atom is 0.250 e. The lowest BCUT2D eigenvalue weighted by Gasteiger charge is -2.19. The molecule has 8 heteroatoms. The van der Waals surface area contributed by atoms with Gasteiger partial charge >= 0.3 is 0 Å². The minimum atomic E-state index is -1.59. The van der Waals surface area contributed by atoms with Crippen molar-refractivity contribution in [2.75, 3.05) is 25.0 Å². The highest BCUT2D eigenvalue weighted by Crippen LogP contribution is 2.22. The van der Waals surface area contributed by atoms with Gasteiger partial charge in [-0.1, -0.05) is 11.6 Å². The van der Waals surface area contributed by atoms with E-state index < -0.39 is 11.5 Å². The quantitative estimate of drug-likeness (QED) is 0.724. The summed E-state index contributed by atoms with van der Waals surface area (Å²) in [6.45, 7) is 0.372. The number of nitrogens with zero attached hydrogens (tertiary/aromatic N) is 2. The molecule has 0 radical (unpaired) electrons. The Morgan fingerprint density at radius 2 is 2.27 bits per heavy atom. The first-order chi connectivity index (χ1) is 10.3. The van der Waals surface area contributed by atoms with E-state index in [9.17, 15) is 14.7 Å². The molecule has 0 aromatic heterocycles. The van der Waals surface area contributed by atoms with Gasteiger partial charge in [0.1, 0.15) is 6.07 Å². The molecule has 1 heterocycles. The molecule has 0 aliphatic carbocycles. The molecule has 4 N–H and O–H groups in total. The van der Waals surface area contributed by atoms with Gasteiger partial charge in [0.05, 0.1) is 17.8 Å². The van der Waals surface area contributed by atoms with E-state index in [1.807, 2.05) is 6.07 Å². The number of amides is 2. The van der Waals surface area contributed by atoms with Crippen molar-refractivity contribution in [3.8, 4) is 6.07 Å². The van der Waals surface area contributed by atoms with E-state index in [4.69, 9.17) is 22.6 Å². The predicted molar refractivity (Wildman–Crippen MR) is 80.0 cm³/mol. The number of rotatable bonds is 4. The predicted octanol–water partition coefficient (Wildman–Crippen LogP) is 0.0723. The van der Waals surface area contributed by atoms with Crippen LogP contribution in [0, 0.1) is 11.3 Å². The fraction of sp³-hybridized carbons (Fsp3) is 0.357. The van der Waals surface area contributed by atoms with Gasteiger partial charge in [0.25, 0.3) is 5.91 Å². The molecule has 1 aromatic rings. The molecule has 22 heavy (non-hydrogen) atoms. The number of nitrogens with two attached hydrogens (primary N) is 1. The zero-order valence-electron chi connectivity index (χ0n) is 11.7. The molecule has 1 fully saturated rings. The normalized spacial score (nSPS) is 21.3. The van der Waals surface area contributed by atoms with Crippen LogP contribution < -0.4 is 11.1 Å². The number of halogens is 1. The Morgan fingerprint density at radius 3 is 2.86 bits per heavy atom. The molecule has 0 spiro atoms. The number of hydrogen-bond donors (Lipinski definition) is 3. The second kappa shape index (κ2) is 6.32. The summed E-state index contributed by atoms with van der Waals surface area (Å²) in [5.74, 6) is -1.16. The number of β-amino-alcohol motifs (C(OH)–C–C–N with tert-alkyl or cyclic N) is 1. The van der Waals surface area contributed by atoms with Gasteiger partial charge in [0.2, 0.25) is 5.91 Å². The van der Waals surface area contributed by atoms with Crippen LogP contribution in [0.3, 0.4) is 0 Å². The van der Waals surface area contributed by atoms with Gasteiger partial charge in [0, 0.05) is 18.1 Å². The Hall–Kier alpha value is -2.14. The molecular weight excluding hydrogens is 308 g/mol. The molecule has 1 unspecified atom stereocenters. The second-order valence-electron chi connectivity index (χ2n) is 5.21. The van der Waals surface area contributed by atoms with Crippen molar-refractivity contribution in [2.45, 2.75) is 12.0 Å². The average Bonchev–Trinajstić information content (AvgIpc) is 2.81. The number of aliphatic hydroxyl groups is 1. The summed E-state index contributed by atoms with van der Waals surface area (Å²) < 4.78 is 0. The van der Waals surface area contributed by atoms with Crippen LogP contribution in [0.1, 0.15) is 12.0 Å². The molecule has 1 aromatic carbocycles. The molecule has 2 rings (SSSR count). The van der Waals surface area contributed by atoms with E-state index in [2.05, 4.69) is 5.32 Å². The van der Waals surface area contributed by atoms with Crippen LogP contribution in [0.15, 0.2) is 18.2 Å². The van der Waals surface area contributed by atoms with Gasteiger partial charge in [-0.2, -0.15) is 5.26 Å². The van der Waals surface area contributed by atoms with Crippen LogP contribution in [0.4, 0.5) is 5.69 Å². The highest BCUT2D eigenvalue weighted by Gasteiger charge is 2.41. The molecule has 7 nitrogen and oxygen atoms in total. The SMILES string of the molecule is N#Cc1ccc(Cl)cc1NC(=O)CN1CCC(O)(C(N)=O)C1. The maximum absolute atomic E-state index is 12.0. The Bertz CT molecular complexity index is 658. The lowest BCUT2D eigenvalue weighted by atomic mass is 10.0. The minimum absolute atomic E-state index is 0.0103. The summed E-state index contributed by atoms with van der Waals surface area (Å²) in [5.41, 5.74) is 4.17. The zero-order chi connectivity index (χ0) is 16.3. The Labute approximate surface area is 132 Å². The lowest BCUT2D eigenvalue weighted by Crippen LogP contribution is -2.46. The first-order valence-electron chi connectivity index (χ1n) is 6.58. The van der Waals surface area contributed by atoms with Crippen molar-refractivity contribution < 1.29 is 14.7 Å². The number of anilines is 1. The Kier molecular flexibility index (Phi) is 4.66. The molecule has 2 amide bonds. The third-order valence-corrected chi connectivity index (χ3v) is 3.76. The highest BCUT2D eigenvalue weighted by molar-refractivity contribution is 6.31. The summed E-state index contributed by atoms with van der Waals surface area (Å²) in [4.78, 5) is 24.8. The van der Waals surface area contributed by atoms with Gasteiger partial charge in [-0.25, -0.2) is 0 Å². The second-order valence-corrected chi connectivity index (χ2v) is 5.64. The van der Waals surface area contributed by atoms with Crippen LogP contribution in [0.25, 0.3) is 0 Å². The van der Waals surface area contributed by atoms with Crippen molar-refractivity contribution in [1.29, 1.82) is 5.26 Å². The number of benzene rings is 1. The van der Waals surface area contributed by atoms with E-state index >= 15 is 0 Å². The first-order valence-corrected chi connectivity index (χ1v) is 6.96. The number of likely N-dealkylation sites (tertiary alicyclic amines) is 1. The molecule has 0 bridgehead atoms. The maximum atomic E-state index is 12.0. The van der Waals surface area contributed by atoms with E-state index in [1.165, 1.54) is 12.1 Å². The fourth-order valence-corrected chi connectivity index (χ4v) is 2.49. The third kappa shape index (κ3) is 3.54. The summed E-state index contributed by atoms with van der Waals surface area (Å²) in [7, 11) is 0. The van der Waals surface area contributed by atoms with Crippen molar-refractivity contribution in [1.82, 2.24) is 4.90 Å². The molecule has 0 saturated carbocycles. The lowest BCUT2D eigenvalue weighted by molar-refractivity contribution is -0.135. The average molecular weight is 323 g/mol. The number of nitriles is 1. The Morgan fingerprint density at radius 1 is 1.55 bits per heavy atom. The van der Waals surface area contributed by atoms with E-state index in [1.54, 1.807) is 11.0 Å². The highest BCUT2D eigenvalue weighted by atomic mass is 35.5. The molecule has 1 saturated heterocycles. The molecule has 1 aliphatic rings. The van der Waals surface area contributed by atoms with Crippen LogP contribution >= 0.6 is 11.6 Å². The zero-order valence-corrected chi connectivity index (χ0v) is 12.4. The van der Waals surface area contributed by atoms with Crippen LogP contribution in [0.2, 0.25) is 5.02 Å². The number of nitrogens with one attached hydrogen (secondary N) is 1. The largest absolute Gasteiger partial charge is 0.379 e. The standard InChI is InChI=1S/C14H15ClN4O3/c15-10-2-1-9(6-16)11(5-10)18-12(20)7-19-4-3-14(22,8-19)13(17)21/h1-2,5,22H,3-4,7-8H2,(H2,17,21)(H,18,20). The summed E-state index contributed by atoms with van der Waals surface area (Å²) in [6, 6.07) is 6.52. The number of primary amides is 1. The molecule has 116 valence electrons. The smallest absolute Gasteiger partial charge is 0.250 e. The fourth-order valence-electron chi connectivity index (χ4n) is 2.32. The summed E-state index contributed by atoms with van der Waals surface area (Å²) in [6.07, 6.45) is 0.191. The van der Waals surface area contributed by atoms with Gasteiger partial charge in [-0.3, -0.25) is 14.5 Å². The molecule has 1 atom stereocenters. The number of hydrogen-bond acceptors (Lipinski definition) is 5. The van der Waals surface area contributed by atoms with Crippen molar-refractivity contribution in [2.24, 2.45) is 5.73 Å². The molecular formula is C14H15ClN4O3. The number of carbonyl (C=O) groups is 2. The number of carbonyl (C=O) groups excluding carboxylic acids is 2. The Balaban J connectivity index is 1.99. The van der Waals surface area contributed by atoms with Crippen LogP contribution in [-0.4, -0.2) is 47.1 Å². The topological polar surface area (TPSA) is 119 Å². The molecule has 1 aliphatic heterocycles. The van der Waals surface area contributed by atoms with Crippen LogP contribution in [0.5, 0.6) is 0 Å². The minimum Gasteiger partial charge on any atom is -0.379 e. The van der Waals surface area contributed by atoms with Gasteiger partial charge in [0.15, 0.2) is 5.60 Å². The van der Waals surface area contributed by atoms with E-state index in [-0.39, 0.29) is 25.4 Å². The van der Waals surface area contributed by atoms with Gasteiger partial charge < -0.3 is 16.2 Å². The third-order valence-electron chi connectivity index (χ3n) is 3.53. The van der Waals surface area contributed by atoms with Gasteiger partial charge in [-0.15, -0.1) is 0 Å². The monoisotopic (exact) mass is 322 g/mol. The summed E-state index contributed by atoms with van der Waals surface area (Å²) >= 11 is 5.84. The van der Waals surface area contributed by atoms with Crippen molar-refractivity contribution in [3.63, 3.8) is 0 Å². The van der Waals surface area contributed by atoms with E-state index in [0.29, 0.717) is 22.8 Å². The first kappa shape index (κ1) is 16.2. The van der Waals surface area contributed by atoms with Crippen molar-refractivity contribution >= 4 is 29.1 Å².